The van der Waals surface area contributed by atoms with E-state index in [2.05, 4.69) is 9.97 Å². The summed E-state index contributed by atoms with van der Waals surface area (Å²) in [6, 6.07) is 0. The molecule has 1 aromatic rings. The molecule has 0 radical (unpaired) electrons. The number of nitrogens with zero attached hydrogens (tertiary/aromatic N) is 4. The molecule has 0 unspecified atom stereocenters. The number of carbonyl (C=O) groups is 2. The lowest BCUT2D eigenvalue weighted by Gasteiger charge is -2.34. The van der Waals surface area contributed by atoms with Crippen LogP contribution in [0.25, 0.3) is 0 Å². The molecule has 0 spiro atoms. The first-order valence-electron chi connectivity index (χ1n) is 6.76. The first-order chi connectivity index (χ1) is 10.0. The predicted octanol–water partition coefficient (Wildman–Crippen LogP) is 0.762. The molecule has 8 heteroatoms. The fourth-order valence-electron chi connectivity index (χ4n) is 2.12. The maximum absolute atomic E-state index is 11.6. The molecule has 114 valence electrons. The van der Waals surface area contributed by atoms with Crippen LogP contribution < -0.4 is 4.90 Å². The highest BCUT2D eigenvalue weighted by Crippen LogP contribution is 2.14. The van der Waals surface area contributed by atoms with Crippen LogP contribution in [0.3, 0.4) is 0 Å². The molecule has 21 heavy (non-hydrogen) atoms. The van der Waals surface area contributed by atoms with Crippen molar-refractivity contribution >= 4 is 18.0 Å². The first-order valence-corrected chi connectivity index (χ1v) is 6.76. The van der Waals surface area contributed by atoms with Crippen molar-refractivity contribution in [2.45, 2.75) is 13.8 Å². The minimum absolute atomic E-state index is 0.101. The van der Waals surface area contributed by atoms with Gasteiger partial charge in [0.1, 0.15) is 0 Å². The lowest BCUT2D eigenvalue weighted by molar-refractivity contribution is 0.0694. The number of hydrogen-bond acceptors (Lipinski definition) is 6. The fourth-order valence-corrected chi connectivity index (χ4v) is 2.12. The quantitative estimate of drug-likeness (QED) is 0.879. The van der Waals surface area contributed by atoms with Crippen LogP contribution in [0.2, 0.25) is 0 Å². The number of anilines is 1. The van der Waals surface area contributed by atoms with Crippen LogP contribution in [0.4, 0.5) is 10.7 Å². The standard InChI is InChI=1S/C13H18N4O4/c1-3-21-13(20)17-6-4-16(5-7-17)12-14-8-10(11(18)19)9(2)15-12/h8H,3-7H2,1-2H3,(H,18,19). The fraction of sp³-hybridized carbons (Fsp3) is 0.538. The van der Waals surface area contributed by atoms with Crippen LogP contribution in [-0.4, -0.2) is 64.8 Å². The summed E-state index contributed by atoms with van der Waals surface area (Å²) in [5.74, 6) is -0.549. The summed E-state index contributed by atoms with van der Waals surface area (Å²) in [4.78, 5) is 34.4. The third-order valence-electron chi connectivity index (χ3n) is 3.29. The Hall–Kier alpha value is -2.38. The molecular weight excluding hydrogens is 276 g/mol. The highest BCUT2D eigenvalue weighted by molar-refractivity contribution is 5.88. The van der Waals surface area contributed by atoms with E-state index in [4.69, 9.17) is 9.84 Å². The monoisotopic (exact) mass is 294 g/mol. The summed E-state index contributed by atoms with van der Waals surface area (Å²) in [5.41, 5.74) is 0.532. The van der Waals surface area contributed by atoms with Crippen molar-refractivity contribution < 1.29 is 19.4 Å². The Kier molecular flexibility index (Phi) is 4.56. The van der Waals surface area contributed by atoms with Crippen LogP contribution in [-0.2, 0) is 4.74 Å². The van der Waals surface area contributed by atoms with Crippen molar-refractivity contribution in [2.75, 3.05) is 37.7 Å². The molecule has 1 amide bonds. The average Bonchev–Trinajstić information content (AvgIpc) is 2.47. The summed E-state index contributed by atoms with van der Waals surface area (Å²) in [7, 11) is 0. The minimum atomic E-state index is -1.04. The molecular formula is C13H18N4O4. The summed E-state index contributed by atoms with van der Waals surface area (Å²) in [5, 5.41) is 8.96. The second-order valence-corrected chi connectivity index (χ2v) is 4.65. The molecule has 0 saturated carbocycles. The normalized spacial score (nSPS) is 15.0. The molecule has 0 aliphatic carbocycles. The van der Waals surface area contributed by atoms with Gasteiger partial charge in [0, 0.05) is 32.4 Å². The summed E-state index contributed by atoms with van der Waals surface area (Å²) in [6.07, 6.45) is 1.01. The molecule has 1 saturated heterocycles. The van der Waals surface area contributed by atoms with Crippen LogP contribution in [0, 0.1) is 6.92 Å². The van der Waals surface area contributed by atoms with E-state index in [0.717, 1.165) is 0 Å². The molecule has 0 aromatic carbocycles. The Bertz CT molecular complexity index is 541. The molecule has 1 N–H and O–H groups in total. The minimum Gasteiger partial charge on any atom is -0.478 e. The van der Waals surface area contributed by atoms with Crippen molar-refractivity contribution in [3.8, 4) is 0 Å². The largest absolute Gasteiger partial charge is 0.478 e. The van der Waals surface area contributed by atoms with Gasteiger partial charge in [-0.05, 0) is 13.8 Å². The first kappa shape index (κ1) is 15.0. The Morgan fingerprint density at radius 3 is 2.52 bits per heavy atom. The molecule has 0 bridgehead atoms. The molecule has 2 rings (SSSR count). The lowest BCUT2D eigenvalue weighted by Crippen LogP contribution is -2.49. The maximum atomic E-state index is 11.6. The summed E-state index contributed by atoms with van der Waals surface area (Å²) >= 11 is 0. The van der Waals surface area contributed by atoms with E-state index in [0.29, 0.717) is 44.4 Å². The number of ether oxygens (including phenoxy) is 1. The zero-order chi connectivity index (χ0) is 15.4. The highest BCUT2D eigenvalue weighted by atomic mass is 16.6. The molecule has 1 aliphatic heterocycles. The van der Waals surface area contributed by atoms with E-state index in [-0.39, 0.29) is 11.7 Å². The number of carbonyl (C=O) groups excluding carboxylic acids is 1. The van der Waals surface area contributed by atoms with Crippen LogP contribution >= 0.6 is 0 Å². The predicted molar refractivity (Wildman–Crippen MR) is 74.5 cm³/mol. The summed E-state index contributed by atoms with van der Waals surface area (Å²) < 4.78 is 4.96. The van der Waals surface area contributed by atoms with Crippen molar-refractivity contribution in [3.63, 3.8) is 0 Å². The van der Waals surface area contributed by atoms with E-state index >= 15 is 0 Å². The second-order valence-electron chi connectivity index (χ2n) is 4.65. The van der Waals surface area contributed by atoms with Crippen LogP contribution in [0.1, 0.15) is 23.0 Å². The Morgan fingerprint density at radius 2 is 2.00 bits per heavy atom. The van der Waals surface area contributed by atoms with Crippen molar-refractivity contribution in [3.05, 3.63) is 17.5 Å². The number of carboxylic acid groups (broad SMARTS) is 1. The van der Waals surface area contributed by atoms with E-state index in [1.807, 2.05) is 4.90 Å². The number of carboxylic acids is 1. The lowest BCUT2D eigenvalue weighted by atomic mass is 10.2. The number of piperazine rings is 1. The van der Waals surface area contributed by atoms with Crippen molar-refractivity contribution in [2.24, 2.45) is 0 Å². The van der Waals surface area contributed by atoms with Gasteiger partial charge < -0.3 is 19.6 Å². The van der Waals surface area contributed by atoms with Gasteiger partial charge >= 0.3 is 12.1 Å². The van der Waals surface area contributed by atoms with E-state index in [1.54, 1.807) is 18.7 Å². The Balaban J connectivity index is 2.01. The number of aromatic carboxylic acids is 1. The van der Waals surface area contributed by atoms with Gasteiger partial charge in [-0.2, -0.15) is 0 Å². The number of rotatable bonds is 3. The number of hydrogen-bond donors (Lipinski definition) is 1. The molecule has 1 aromatic heterocycles. The highest BCUT2D eigenvalue weighted by Gasteiger charge is 2.23. The maximum Gasteiger partial charge on any atom is 0.409 e. The molecule has 1 fully saturated rings. The van der Waals surface area contributed by atoms with Crippen LogP contribution in [0.15, 0.2) is 6.20 Å². The van der Waals surface area contributed by atoms with Gasteiger partial charge in [0.2, 0.25) is 5.95 Å². The van der Waals surface area contributed by atoms with Gasteiger partial charge in [-0.1, -0.05) is 0 Å². The van der Waals surface area contributed by atoms with E-state index in [1.165, 1.54) is 6.20 Å². The van der Waals surface area contributed by atoms with Gasteiger partial charge in [0.15, 0.2) is 0 Å². The topological polar surface area (TPSA) is 95.9 Å². The van der Waals surface area contributed by atoms with Gasteiger partial charge in [-0.15, -0.1) is 0 Å². The zero-order valence-corrected chi connectivity index (χ0v) is 12.1. The van der Waals surface area contributed by atoms with Gasteiger partial charge in [0.25, 0.3) is 0 Å². The van der Waals surface area contributed by atoms with E-state index in [9.17, 15) is 9.59 Å². The average molecular weight is 294 g/mol. The van der Waals surface area contributed by atoms with Crippen molar-refractivity contribution in [1.29, 1.82) is 0 Å². The van der Waals surface area contributed by atoms with E-state index < -0.39 is 5.97 Å². The molecule has 1 aliphatic rings. The summed E-state index contributed by atoms with van der Waals surface area (Å²) in [6.45, 7) is 6.01. The second kappa shape index (κ2) is 6.38. The van der Waals surface area contributed by atoms with Crippen LogP contribution in [0.5, 0.6) is 0 Å². The Labute approximate surface area is 122 Å². The molecule has 2 heterocycles. The number of aryl methyl sites for hydroxylation is 1. The van der Waals surface area contributed by atoms with Gasteiger partial charge in [-0.3, -0.25) is 0 Å². The van der Waals surface area contributed by atoms with Gasteiger partial charge in [-0.25, -0.2) is 19.6 Å². The van der Waals surface area contributed by atoms with Gasteiger partial charge in [0.05, 0.1) is 17.9 Å². The Morgan fingerprint density at radius 1 is 1.33 bits per heavy atom. The van der Waals surface area contributed by atoms with Crippen molar-refractivity contribution in [1.82, 2.24) is 14.9 Å². The third kappa shape index (κ3) is 3.39. The number of aromatic nitrogens is 2. The molecule has 8 nitrogen and oxygen atoms in total. The molecule has 0 atom stereocenters. The third-order valence-corrected chi connectivity index (χ3v) is 3.29. The smallest absolute Gasteiger partial charge is 0.409 e. The zero-order valence-electron chi connectivity index (χ0n) is 12.1. The SMILES string of the molecule is CCOC(=O)N1CCN(c2ncc(C(=O)O)c(C)n2)CC1. The number of amides is 1.